The lowest BCUT2D eigenvalue weighted by molar-refractivity contribution is -0.121. The topological polar surface area (TPSA) is 70.1 Å². The molecule has 1 aromatic heterocycles. The summed E-state index contributed by atoms with van der Waals surface area (Å²) in [6.07, 6.45) is 1.06. The van der Waals surface area contributed by atoms with Gasteiger partial charge in [0.2, 0.25) is 5.91 Å². The number of hydrazone groups is 1. The van der Waals surface area contributed by atoms with Crippen LogP contribution in [0, 0.1) is 13.8 Å². The molecule has 110 valence electrons. The number of aromatic nitrogens is 2. The third kappa shape index (κ3) is 4.02. The molecule has 0 saturated carbocycles. The smallest absolute Gasteiger partial charge is 0.240 e. The Morgan fingerprint density at radius 1 is 1.29 bits per heavy atom. The minimum Gasteiger partial charge on any atom is -0.282 e. The predicted octanol–water partition coefficient (Wildman–Crippen LogP) is 2.50. The lowest BCUT2D eigenvalue weighted by Gasteiger charge is -2.03. The van der Waals surface area contributed by atoms with Gasteiger partial charge in [0.1, 0.15) is 0 Å². The van der Waals surface area contributed by atoms with Crippen LogP contribution in [-0.4, -0.2) is 21.8 Å². The van der Waals surface area contributed by atoms with Crippen LogP contribution in [0.15, 0.2) is 35.4 Å². The average Bonchev–Trinajstić information content (AvgIpc) is 2.82. The van der Waals surface area contributed by atoms with Crippen molar-refractivity contribution in [1.29, 1.82) is 0 Å². The summed E-state index contributed by atoms with van der Waals surface area (Å²) in [6, 6.07) is 9.76. The second-order valence-corrected chi connectivity index (χ2v) is 5.01. The van der Waals surface area contributed by atoms with E-state index >= 15 is 0 Å². The van der Waals surface area contributed by atoms with Crippen LogP contribution in [0.3, 0.4) is 0 Å². The van der Waals surface area contributed by atoms with Crippen LogP contribution in [-0.2, 0) is 11.2 Å². The molecular formula is C16H20N4O. The van der Waals surface area contributed by atoms with E-state index in [1.54, 1.807) is 0 Å². The van der Waals surface area contributed by atoms with Crippen molar-refractivity contribution in [3.05, 3.63) is 52.8 Å². The van der Waals surface area contributed by atoms with E-state index in [-0.39, 0.29) is 5.91 Å². The van der Waals surface area contributed by atoms with Crippen molar-refractivity contribution in [2.24, 2.45) is 5.10 Å². The number of amides is 1. The molecule has 0 aliphatic rings. The highest BCUT2D eigenvalue weighted by atomic mass is 16.2. The Kier molecular flexibility index (Phi) is 4.87. The number of hydrogen-bond donors (Lipinski definition) is 2. The maximum Gasteiger partial charge on any atom is 0.240 e. The summed E-state index contributed by atoms with van der Waals surface area (Å²) in [6.45, 7) is 5.78. The molecule has 1 amide bonds. The molecule has 0 saturated heterocycles. The Morgan fingerprint density at radius 3 is 2.62 bits per heavy atom. The molecule has 5 heteroatoms. The zero-order valence-corrected chi connectivity index (χ0v) is 12.6. The average molecular weight is 284 g/mol. The first-order valence-corrected chi connectivity index (χ1v) is 6.97. The minimum atomic E-state index is -0.0923. The van der Waals surface area contributed by atoms with E-state index in [0.717, 1.165) is 28.2 Å². The Bertz CT molecular complexity index is 624. The van der Waals surface area contributed by atoms with Gasteiger partial charge in [0.15, 0.2) is 0 Å². The fourth-order valence-electron chi connectivity index (χ4n) is 2.13. The second kappa shape index (κ2) is 6.83. The van der Waals surface area contributed by atoms with E-state index in [0.29, 0.717) is 12.8 Å². The van der Waals surface area contributed by atoms with Crippen LogP contribution in [0.1, 0.15) is 35.9 Å². The van der Waals surface area contributed by atoms with Gasteiger partial charge in [-0.1, -0.05) is 30.3 Å². The summed E-state index contributed by atoms with van der Waals surface area (Å²) in [5.74, 6) is -0.0923. The first-order chi connectivity index (χ1) is 10.1. The molecule has 0 bridgehead atoms. The monoisotopic (exact) mass is 284 g/mol. The van der Waals surface area contributed by atoms with Crippen molar-refractivity contribution in [2.45, 2.75) is 33.6 Å². The number of aryl methyl sites for hydroxylation is 2. The van der Waals surface area contributed by atoms with Gasteiger partial charge >= 0.3 is 0 Å². The highest BCUT2D eigenvalue weighted by molar-refractivity contribution is 5.99. The number of hydrogen-bond acceptors (Lipinski definition) is 3. The van der Waals surface area contributed by atoms with E-state index in [4.69, 9.17) is 0 Å². The highest BCUT2D eigenvalue weighted by Gasteiger charge is 2.08. The number of benzene rings is 1. The predicted molar refractivity (Wildman–Crippen MR) is 83.2 cm³/mol. The molecule has 0 atom stereocenters. The molecular weight excluding hydrogens is 264 g/mol. The molecule has 21 heavy (non-hydrogen) atoms. The van der Waals surface area contributed by atoms with Crippen LogP contribution in [0.5, 0.6) is 0 Å². The SMILES string of the molecule is C/C(=N\NC(=O)CCc1c(C)n[nH]c1C)c1ccccc1. The van der Waals surface area contributed by atoms with E-state index < -0.39 is 0 Å². The Morgan fingerprint density at radius 2 is 2.00 bits per heavy atom. The van der Waals surface area contributed by atoms with Crippen molar-refractivity contribution < 1.29 is 4.79 Å². The number of nitrogens with one attached hydrogen (secondary N) is 2. The fraction of sp³-hybridized carbons (Fsp3) is 0.312. The Balaban J connectivity index is 1.88. The van der Waals surface area contributed by atoms with E-state index in [1.165, 1.54) is 0 Å². The maximum atomic E-state index is 11.8. The van der Waals surface area contributed by atoms with Crippen LogP contribution >= 0.6 is 0 Å². The largest absolute Gasteiger partial charge is 0.282 e. The van der Waals surface area contributed by atoms with E-state index in [9.17, 15) is 4.79 Å². The standard InChI is InChI=1S/C16H20N4O/c1-11(14-7-5-4-6-8-14)17-20-16(21)10-9-15-12(2)18-19-13(15)3/h4-8H,9-10H2,1-3H3,(H,18,19)(H,20,21)/b17-11+. The van der Waals surface area contributed by atoms with Crippen molar-refractivity contribution in [1.82, 2.24) is 15.6 Å². The van der Waals surface area contributed by atoms with Crippen molar-refractivity contribution in [3.8, 4) is 0 Å². The summed E-state index contributed by atoms with van der Waals surface area (Å²) in [5, 5.41) is 11.2. The molecule has 1 aromatic carbocycles. The third-order valence-electron chi connectivity index (χ3n) is 3.42. The molecule has 0 fully saturated rings. The zero-order valence-electron chi connectivity index (χ0n) is 12.6. The van der Waals surface area contributed by atoms with Gasteiger partial charge in [-0.2, -0.15) is 10.2 Å². The number of carbonyl (C=O) groups is 1. The van der Waals surface area contributed by atoms with E-state index in [2.05, 4.69) is 20.7 Å². The molecule has 0 radical (unpaired) electrons. The van der Waals surface area contributed by atoms with Gasteiger partial charge in [-0.3, -0.25) is 9.89 Å². The first kappa shape index (κ1) is 15.0. The Labute approximate surface area is 124 Å². The van der Waals surface area contributed by atoms with Gasteiger partial charge in [0.25, 0.3) is 0 Å². The summed E-state index contributed by atoms with van der Waals surface area (Å²) in [7, 11) is 0. The normalized spacial score (nSPS) is 11.5. The first-order valence-electron chi connectivity index (χ1n) is 6.97. The highest BCUT2D eigenvalue weighted by Crippen LogP contribution is 2.11. The van der Waals surface area contributed by atoms with Crippen molar-refractivity contribution >= 4 is 11.6 Å². The van der Waals surface area contributed by atoms with Gasteiger partial charge < -0.3 is 0 Å². The van der Waals surface area contributed by atoms with Gasteiger partial charge in [0, 0.05) is 12.1 Å². The second-order valence-electron chi connectivity index (χ2n) is 5.01. The number of carbonyl (C=O) groups excluding carboxylic acids is 1. The van der Waals surface area contributed by atoms with Gasteiger partial charge in [-0.25, -0.2) is 5.43 Å². The Hall–Kier alpha value is -2.43. The van der Waals surface area contributed by atoms with Gasteiger partial charge in [-0.05, 0) is 38.3 Å². The van der Waals surface area contributed by atoms with Crippen LogP contribution in [0.4, 0.5) is 0 Å². The number of rotatable bonds is 5. The lowest BCUT2D eigenvalue weighted by atomic mass is 10.1. The van der Waals surface area contributed by atoms with Crippen LogP contribution in [0.25, 0.3) is 0 Å². The number of aromatic amines is 1. The fourth-order valence-corrected chi connectivity index (χ4v) is 2.13. The van der Waals surface area contributed by atoms with E-state index in [1.807, 2.05) is 51.1 Å². The zero-order chi connectivity index (χ0) is 15.2. The molecule has 1 heterocycles. The molecule has 0 spiro atoms. The third-order valence-corrected chi connectivity index (χ3v) is 3.42. The molecule has 5 nitrogen and oxygen atoms in total. The van der Waals surface area contributed by atoms with Crippen LogP contribution in [0.2, 0.25) is 0 Å². The van der Waals surface area contributed by atoms with Crippen molar-refractivity contribution in [3.63, 3.8) is 0 Å². The maximum absolute atomic E-state index is 11.8. The number of nitrogens with zero attached hydrogens (tertiary/aromatic N) is 2. The summed E-state index contributed by atoms with van der Waals surface area (Å²) in [4.78, 5) is 11.8. The van der Waals surface area contributed by atoms with Crippen molar-refractivity contribution in [2.75, 3.05) is 0 Å². The lowest BCUT2D eigenvalue weighted by Crippen LogP contribution is -2.19. The quantitative estimate of drug-likeness (QED) is 0.654. The van der Waals surface area contributed by atoms with Gasteiger partial charge in [-0.15, -0.1) is 0 Å². The molecule has 0 aliphatic carbocycles. The number of H-pyrrole nitrogens is 1. The van der Waals surface area contributed by atoms with Gasteiger partial charge in [0.05, 0.1) is 11.4 Å². The molecule has 2 aromatic rings. The van der Waals surface area contributed by atoms with Crippen LogP contribution < -0.4 is 5.43 Å². The summed E-state index contributed by atoms with van der Waals surface area (Å²) in [5.41, 5.74) is 7.46. The molecule has 2 rings (SSSR count). The molecule has 2 N–H and O–H groups in total. The minimum absolute atomic E-state index is 0.0923. The summed E-state index contributed by atoms with van der Waals surface area (Å²) >= 11 is 0. The molecule has 0 aliphatic heterocycles. The summed E-state index contributed by atoms with van der Waals surface area (Å²) < 4.78 is 0. The molecule has 0 unspecified atom stereocenters.